The van der Waals surface area contributed by atoms with Gasteiger partial charge in [-0.1, -0.05) is 86.2 Å². The summed E-state index contributed by atoms with van der Waals surface area (Å²) in [6, 6.07) is 25.9. The number of unbranched alkanes of at least 4 members (excludes halogenated alkanes) is 6. The monoisotopic (exact) mass is 682 g/mol. The van der Waals surface area contributed by atoms with Crippen molar-refractivity contribution in [3.05, 3.63) is 132 Å². The summed E-state index contributed by atoms with van der Waals surface area (Å²) in [7, 11) is 0. The van der Waals surface area contributed by atoms with Gasteiger partial charge in [-0.05, 0) is 78.9 Å². The molecule has 0 atom stereocenters. The van der Waals surface area contributed by atoms with E-state index in [1.807, 2.05) is 31.2 Å². The number of benzene rings is 5. The van der Waals surface area contributed by atoms with Crippen LogP contribution in [0.15, 0.2) is 103 Å². The van der Waals surface area contributed by atoms with Crippen LogP contribution in [0.4, 0.5) is 17.6 Å². The van der Waals surface area contributed by atoms with Crippen LogP contribution >= 0.6 is 0 Å². The van der Waals surface area contributed by atoms with Gasteiger partial charge in [0.25, 0.3) is 0 Å². The summed E-state index contributed by atoms with van der Waals surface area (Å²) in [6.07, 6.45) is 6.13. The highest BCUT2D eigenvalue weighted by Gasteiger charge is 2.14. The minimum atomic E-state index is -0.614. The summed E-state index contributed by atoms with van der Waals surface area (Å²) in [5.41, 5.74) is 3.65. The summed E-state index contributed by atoms with van der Waals surface area (Å²) in [6.45, 7) is 1.96. The molecule has 0 amide bonds. The van der Waals surface area contributed by atoms with Crippen LogP contribution in [0.3, 0.4) is 0 Å². The van der Waals surface area contributed by atoms with E-state index in [1.54, 1.807) is 12.1 Å². The quantitative estimate of drug-likeness (QED) is 0.0477. The smallest absolute Gasteiger partial charge is 0.311 e. The summed E-state index contributed by atoms with van der Waals surface area (Å²) in [5, 5.41) is 0. The standard InChI is InChI=1S/C42H38F4O4/c1-28-11-13-29(14-12-28)35-22-17-31(25-38(35)44)37-24-21-34(27-40(37)46)50-42(48)10-8-6-4-2-3-5-7-9-41(47)49-33-20-23-36(39(45)26-33)30-15-18-32(43)19-16-30/h11-27H,2-10H2,1H3. The zero-order valence-electron chi connectivity index (χ0n) is 27.8. The van der Waals surface area contributed by atoms with E-state index in [0.717, 1.165) is 55.4 Å². The lowest BCUT2D eigenvalue weighted by atomic mass is 9.98. The fourth-order valence-electron chi connectivity index (χ4n) is 5.65. The SMILES string of the molecule is Cc1ccc(-c2ccc(-c3ccc(OC(=O)CCCCCCCCCC(=O)Oc4ccc(-c5ccc(F)cc5)c(F)c4)cc3F)cc2F)cc1. The van der Waals surface area contributed by atoms with Gasteiger partial charge in [-0.3, -0.25) is 9.59 Å². The van der Waals surface area contributed by atoms with Crippen molar-refractivity contribution < 1.29 is 36.6 Å². The second kappa shape index (κ2) is 17.4. The maximum Gasteiger partial charge on any atom is 0.311 e. The highest BCUT2D eigenvalue weighted by atomic mass is 19.1. The van der Waals surface area contributed by atoms with E-state index in [0.29, 0.717) is 35.1 Å². The predicted octanol–water partition coefficient (Wildman–Crippen LogP) is 11.6. The molecule has 0 saturated heterocycles. The molecule has 258 valence electrons. The number of rotatable bonds is 15. The number of ether oxygens (including phenoxy) is 2. The Kier molecular flexibility index (Phi) is 12.6. The van der Waals surface area contributed by atoms with Crippen molar-refractivity contribution in [1.29, 1.82) is 0 Å². The van der Waals surface area contributed by atoms with Crippen LogP contribution in [-0.4, -0.2) is 11.9 Å². The molecule has 0 aliphatic heterocycles. The summed E-state index contributed by atoms with van der Waals surface area (Å²) >= 11 is 0. The van der Waals surface area contributed by atoms with Crippen molar-refractivity contribution >= 4 is 11.9 Å². The average Bonchev–Trinajstić information content (AvgIpc) is 3.09. The molecule has 0 radical (unpaired) electrons. The summed E-state index contributed by atoms with van der Waals surface area (Å²) in [5.74, 6) is -2.71. The molecule has 5 rings (SSSR count). The highest BCUT2D eigenvalue weighted by Crippen LogP contribution is 2.31. The third kappa shape index (κ3) is 10.1. The van der Waals surface area contributed by atoms with Crippen LogP contribution in [0.5, 0.6) is 11.5 Å². The molecule has 0 N–H and O–H groups in total. The van der Waals surface area contributed by atoms with Crippen molar-refractivity contribution in [1.82, 2.24) is 0 Å². The first-order valence-electron chi connectivity index (χ1n) is 16.8. The van der Waals surface area contributed by atoms with E-state index in [2.05, 4.69) is 0 Å². The molecule has 0 aliphatic carbocycles. The van der Waals surface area contributed by atoms with Gasteiger partial charge in [0.15, 0.2) is 0 Å². The lowest BCUT2D eigenvalue weighted by Crippen LogP contribution is -2.08. The van der Waals surface area contributed by atoms with Crippen molar-refractivity contribution in [3.8, 4) is 44.9 Å². The fraction of sp³-hybridized carbons (Fsp3) is 0.238. The lowest BCUT2D eigenvalue weighted by molar-refractivity contribution is -0.135. The molecule has 0 heterocycles. The molecule has 8 heteroatoms. The molecule has 4 nitrogen and oxygen atoms in total. The maximum absolute atomic E-state index is 14.9. The van der Waals surface area contributed by atoms with Gasteiger partial charge in [0.1, 0.15) is 34.8 Å². The normalized spacial score (nSPS) is 11.0. The molecule has 5 aromatic carbocycles. The van der Waals surface area contributed by atoms with Gasteiger partial charge >= 0.3 is 11.9 Å². The molecule has 50 heavy (non-hydrogen) atoms. The van der Waals surface area contributed by atoms with Gasteiger partial charge in [-0.15, -0.1) is 0 Å². The largest absolute Gasteiger partial charge is 0.426 e. The van der Waals surface area contributed by atoms with Crippen LogP contribution < -0.4 is 9.47 Å². The molecule has 0 aromatic heterocycles. The zero-order chi connectivity index (χ0) is 35.5. The van der Waals surface area contributed by atoms with Gasteiger partial charge in [0.05, 0.1) is 0 Å². The highest BCUT2D eigenvalue weighted by molar-refractivity contribution is 5.75. The van der Waals surface area contributed by atoms with Gasteiger partial charge < -0.3 is 9.47 Å². The Bertz CT molecular complexity index is 1920. The van der Waals surface area contributed by atoms with Gasteiger partial charge in [0.2, 0.25) is 0 Å². The van der Waals surface area contributed by atoms with Crippen LogP contribution in [0.1, 0.15) is 63.4 Å². The van der Waals surface area contributed by atoms with Crippen LogP contribution in [-0.2, 0) is 9.59 Å². The lowest BCUT2D eigenvalue weighted by Gasteiger charge is -2.10. The summed E-state index contributed by atoms with van der Waals surface area (Å²) in [4.78, 5) is 24.5. The minimum Gasteiger partial charge on any atom is -0.426 e. The number of hydrogen-bond acceptors (Lipinski definition) is 4. The topological polar surface area (TPSA) is 52.6 Å². The first-order valence-corrected chi connectivity index (χ1v) is 16.8. The van der Waals surface area contributed by atoms with Crippen molar-refractivity contribution in [2.45, 2.75) is 64.7 Å². The van der Waals surface area contributed by atoms with E-state index in [-0.39, 0.29) is 29.9 Å². The van der Waals surface area contributed by atoms with Crippen LogP contribution in [0.25, 0.3) is 33.4 Å². The van der Waals surface area contributed by atoms with Gasteiger partial charge in [-0.2, -0.15) is 0 Å². The van der Waals surface area contributed by atoms with Crippen molar-refractivity contribution in [3.63, 3.8) is 0 Å². The molecule has 0 fully saturated rings. The Morgan fingerprint density at radius 1 is 0.460 bits per heavy atom. The number of esters is 2. The first-order chi connectivity index (χ1) is 24.2. The predicted molar refractivity (Wildman–Crippen MR) is 187 cm³/mol. The van der Waals surface area contributed by atoms with Crippen LogP contribution in [0.2, 0.25) is 0 Å². The Morgan fingerprint density at radius 3 is 1.30 bits per heavy atom. The second-order valence-electron chi connectivity index (χ2n) is 12.3. The Hall–Kier alpha value is -5.24. The maximum atomic E-state index is 14.9. The number of hydrogen-bond donors (Lipinski definition) is 0. The van der Waals surface area contributed by atoms with E-state index in [4.69, 9.17) is 9.47 Å². The molecular weight excluding hydrogens is 644 g/mol. The van der Waals surface area contributed by atoms with E-state index < -0.39 is 35.2 Å². The third-order valence-corrected chi connectivity index (χ3v) is 8.40. The minimum absolute atomic E-state index is 0.0960. The third-order valence-electron chi connectivity index (χ3n) is 8.40. The second-order valence-corrected chi connectivity index (χ2v) is 12.3. The Balaban J connectivity index is 0.947. The average molecular weight is 683 g/mol. The summed E-state index contributed by atoms with van der Waals surface area (Å²) < 4.78 is 68.1. The molecule has 0 unspecified atom stereocenters. The van der Waals surface area contributed by atoms with Gasteiger partial charge in [0, 0.05) is 41.7 Å². The Morgan fingerprint density at radius 2 is 0.840 bits per heavy atom. The fourth-order valence-corrected chi connectivity index (χ4v) is 5.65. The van der Waals surface area contributed by atoms with E-state index in [9.17, 15) is 27.2 Å². The molecule has 0 saturated carbocycles. The Labute approximate surface area is 289 Å². The molecular formula is C42H38F4O4. The molecule has 0 spiro atoms. The van der Waals surface area contributed by atoms with Crippen molar-refractivity contribution in [2.75, 3.05) is 0 Å². The molecule has 5 aromatic rings. The number of halogens is 4. The van der Waals surface area contributed by atoms with E-state index in [1.165, 1.54) is 54.6 Å². The van der Waals surface area contributed by atoms with Crippen LogP contribution in [0, 0.1) is 30.2 Å². The molecule has 0 aliphatic rings. The van der Waals surface area contributed by atoms with Gasteiger partial charge in [-0.25, -0.2) is 17.6 Å². The number of carbonyl (C=O) groups is 2. The first kappa shape index (κ1) is 36.1. The number of carbonyl (C=O) groups excluding carboxylic acids is 2. The van der Waals surface area contributed by atoms with Crippen molar-refractivity contribution in [2.24, 2.45) is 0 Å². The van der Waals surface area contributed by atoms with E-state index >= 15 is 0 Å². The number of aryl methyl sites for hydroxylation is 1. The zero-order valence-corrected chi connectivity index (χ0v) is 27.8. The molecule has 0 bridgehead atoms.